The van der Waals surface area contributed by atoms with Crippen LogP contribution in [-0.2, 0) is 4.74 Å². The Balaban J connectivity index is 2.77. The lowest BCUT2D eigenvalue weighted by Crippen LogP contribution is -2.07. The molecule has 0 atom stereocenters. The number of methoxy groups -OCH3 is 1. The molecule has 0 saturated heterocycles. The van der Waals surface area contributed by atoms with Gasteiger partial charge in [0.2, 0.25) is 0 Å². The highest BCUT2D eigenvalue weighted by Gasteiger charge is 2.05. The Morgan fingerprint density at radius 2 is 2.21 bits per heavy atom. The Morgan fingerprint density at radius 1 is 1.43 bits per heavy atom. The van der Waals surface area contributed by atoms with Gasteiger partial charge in [0, 0.05) is 12.7 Å². The van der Waals surface area contributed by atoms with E-state index in [1.54, 1.807) is 18.2 Å². The largest absolute Gasteiger partial charge is 0.494 e. The number of carbonyl (C=O) groups is 1. The van der Waals surface area contributed by atoms with Crippen LogP contribution >= 0.6 is 0 Å². The van der Waals surface area contributed by atoms with E-state index in [0.717, 1.165) is 5.75 Å². The topological polar surface area (TPSA) is 35.5 Å². The van der Waals surface area contributed by atoms with Gasteiger partial charge in [0.1, 0.15) is 12.4 Å². The van der Waals surface area contributed by atoms with Gasteiger partial charge in [-0.3, -0.25) is 4.79 Å². The molecule has 0 fully saturated rings. The maximum absolute atomic E-state index is 11.4. The minimum absolute atomic E-state index is 0.0333. The van der Waals surface area contributed by atoms with E-state index in [1.165, 1.54) is 7.11 Å². The summed E-state index contributed by atoms with van der Waals surface area (Å²) >= 11 is 0. The molecule has 14 heavy (non-hydrogen) atoms. The van der Waals surface area contributed by atoms with Gasteiger partial charge in [0.15, 0.2) is 5.78 Å². The van der Waals surface area contributed by atoms with Crippen LogP contribution in [0.3, 0.4) is 0 Å². The molecule has 3 nitrogen and oxygen atoms in total. The summed E-state index contributed by atoms with van der Waals surface area (Å²) in [6, 6.07) is 7.11. The molecule has 0 aliphatic rings. The molecular weight excluding hydrogens is 180 g/mol. The summed E-state index contributed by atoms with van der Waals surface area (Å²) in [6.45, 7) is 2.61. The average molecular weight is 194 g/mol. The molecule has 76 valence electrons. The molecule has 0 unspecified atom stereocenters. The number of rotatable bonds is 5. The maximum Gasteiger partial charge on any atom is 0.188 e. The predicted octanol–water partition coefficient (Wildman–Crippen LogP) is 1.91. The zero-order chi connectivity index (χ0) is 10.4. The van der Waals surface area contributed by atoms with Gasteiger partial charge in [0.05, 0.1) is 6.61 Å². The Kier molecular flexibility index (Phi) is 4.13. The van der Waals surface area contributed by atoms with Crippen molar-refractivity contribution in [2.24, 2.45) is 0 Å². The van der Waals surface area contributed by atoms with Crippen molar-refractivity contribution in [3.63, 3.8) is 0 Å². The van der Waals surface area contributed by atoms with Crippen molar-refractivity contribution in [3.8, 4) is 5.75 Å². The molecular formula is C11H14O3. The van der Waals surface area contributed by atoms with Crippen molar-refractivity contribution in [2.45, 2.75) is 6.92 Å². The second-order valence-corrected chi connectivity index (χ2v) is 2.82. The third kappa shape index (κ3) is 2.85. The fourth-order valence-corrected chi connectivity index (χ4v) is 1.14. The lowest BCUT2D eigenvalue weighted by Gasteiger charge is -2.04. The van der Waals surface area contributed by atoms with E-state index >= 15 is 0 Å². The van der Waals surface area contributed by atoms with E-state index in [0.29, 0.717) is 12.2 Å². The monoisotopic (exact) mass is 194 g/mol. The lowest BCUT2D eigenvalue weighted by molar-refractivity contribution is 0.0847. The minimum Gasteiger partial charge on any atom is -0.494 e. The van der Waals surface area contributed by atoms with Crippen LogP contribution in [0.2, 0.25) is 0 Å². The molecule has 0 amide bonds. The number of Topliss-reactive ketones (excluding diaryl/α,β-unsaturated/α-hetero) is 1. The first-order chi connectivity index (χ1) is 6.77. The third-order valence-corrected chi connectivity index (χ3v) is 1.74. The Bertz CT molecular complexity index is 307. The summed E-state index contributed by atoms with van der Waals surface area (Å²) < 4.78 is 10.0. The molecule has 0 heterocycles. The quantitative estimate of drug-likeness (QED) is 0.672. The van der Waals surface area contributed by atoms with Crippen LogP contribution in [0, 0.1) is 0 Å². The molecule has 0 spiro atoms. The number of hydrogen-bond acceptors (Lipinski definition) is 3. The Morgan fingerprint density at radius 3 is 2.86 bits per heavy atom. The zero-order valence-corrected chi connectivity index (χ0v) is 8.45. The van der Waals surface area contributed by atoms with Gasteiger partial charge in [-0.25, -0.2) is 0 Å². The number of hydrogen-bond donors (Lipinski definition) is 0. The maximum atomic E-state index is 11.4. The summed E-state index contributed by atoms with van der Waals surface area (Å²) in [5.41, 5.74) is 0.623. The van der Waals surface area contributed by atoms with Crippen LogP contribution in [0.15, 0.2) is 24.3 Å². The van der Waals surface area contributed by atoms with Gasteiger partial charge < -0.3 is 9.47 Å². The smallest absolute Gasteiger partial charge is 0.188 e. The Labute approximate surface area is 83.6 Å². The van der Waals surface area contributed by atoms with Crippen LogP contribution in [0.5, 0.6) is 5.75 Å². The molecule has 0 aliphatic heterocycles. The van der Waals surface area contributed by atoms with E-state index in [-0.39, 0.29) is 12.4 Å². The van der Waals surface area contributed by atoms with E-state index < -0.39 is 0 Å². The van der Waals surface area contributed by atoms with Crippen molar-refractivity contribution in [2.75, 3.05) is 20.3 Å². The van der Waals surface area contributed by atoms with Crippen LogP contribution in [0.25, 0.3) is 0 Å². The normalized spacial score (nSPS) is 9.86. The number of ketones is 1. The van der Waals surface area contributed by atoms with Crippen LogP contribution in [-0.4, -0.2) is 26.1 Å². The number of carbonyl (C=O) groups excluding carboxylic acids is 1. The van der Waals surface area contributed by atoms with Crippen LogP contribution in [0.1, 0.15) is 17.3 Å². The predicted molar refractivity (Wildman–Crippen MR) is 53.8 cm³/mol. The first-order valence-corrected chi connectivity index (χ1v) is 4.53. The third-order valence-electron chi connectivity index (χ3n) is 1.74. The SMILES string of the molecule is CCOc1cccc(C(=O)COC)c1. The molecule has 0 N–H and O–H groups in total. The van der Waals surface area contributed by atoms with Crippen molar-refractivity contribution in [3.05, 3.63) is 29.8 Å². The fraction of sp³-hybridized carbons (Fsp3) is 0.364. The van der Waals surface area contributed by atoms with Gasteiger partial charge in [-0.2, -0.15) is 0 Å². The second kappa shape index (κ2) is 5.40. The van der Waals surface area contributed by atoms with Crippen molar-refractivity contribution >= 4 is 5.78 Å². The van der Waals surface area contributed by atoms with Crippen LogP contribution < -0.4 is 4.74 Å². The molecule has 1 rings (SSSR count). The molecule has 0 aliphatic carbocycles. The number of ether oxygens (including phenoxy) is 2. The lowest BCUT2D eigenvalue weighted by atomic mass is 10.1. The standard InChI is InChI=1S/C11H14O3/c1-3-14-10-6-4-5-9(7-10)11(12)8-13-2/h4-7H,3,8H2,1-2H3. The number of benzene rings is 1. The average Bonchev–Trinajstić information content (AvgIpc) is 2.19. The summed E-state index contributed by atoms with van der Waals surface area (Å²) in [4.78, 5) is 11.4. The van der Waals surface area contributed by atoms with Crippen molar-refractivity contribution in [1.29, 1.82) is 0 Å². The second-order valence-electron chi connectivity index (χ2n) is 2.82. The fourth-order valence-electron chi connectivity index (χ4n) is 1.14. The summed E-state index contributed by atoms with van der Waals surface area (Å²) in [6.07, 6.45) is 0. The Hall–Kier alpha value is -1.35. The van der Waals surface area contributed by atoms with Gasteiger partial charge in [-0.05, 0) is 19.1 Å². The molecule has 0 bridgehead atoms. The molecule has 3 heteroatoms. The van der Waals surface area contributed by atoms with E-state index in [1.807, 2.05) is 13.0 Å². The molecule has 0 saturated carbocycles. The van der Waals surface area contributed by atoms with E-state index in [4.69, 9.17) is 9.47 Å². The highest BCUT2D eigenvalue weighted by atomic mass is 16.5. The van der Waals surface area contributed by atoms with Gasteiger partial charge in [0.25, 0.3) is 0 Å². The summed E-state index contributed by atoms with van der Waals surface area (Å²) in [7, 11) is 1.50. The zero-order valence-electron chi connectivity index (χ0n) is 8.45. The van der Waals surface area contributed by atoms with Crippen molar-refractivity contribution in [1.82, 2.24) is 0 Å². The minimum atomic E-state index is -0.0333. The molecule has 0 aromatic heterocycles. The van der Waals surface area contributed by atoms with Gasteiger partial charge >= 0.3 is 0 Å². The highest BCUT2D eigenvalue weighted by molar-refractivity contribution is 5.97. The van der Waals surface area contributed by atoms with Gasteiger partial charge in [-0.15, -0.1) is 0 Å². The highest BCUT2D eigenvalue weighted by Crippen LogP contribution is 2.13. The van der Waals surface area contributed by atoms with Gasteiger partial charge in [-0.1, -0.05) is 12.1 Å². The molecule has 0 radical (unpaired) electrons. The van der Waals surface area contributed by atoms with Crippen LogP contribution in [0.4, 0.5) is 0 Å². The molecule has 1 aromatic rings. The molecule has 1 aromatic carbocycles. The summed E-state index contributed by atoms with van der Waals surface area (Å²) in [5, 5.41) is 0. The first-order valence-electron chi connectivity index (χ1n) is 4.53. The van der Waals surface area contributed by atoms with E-state index in [2.05, 4.69) is 0 Å². The van der Waals surface area contributed by atoms with Crippen molar-refractivity contribution < 1.29 is 14.3 Å². The first kappa shape index (κ1) is 10.7. The van der Waals surface area contributed by atoms with E-state index in [9.17, 15) is 4.79 Å². The summed E-state index contributed by atoms with van der Waals surface area (Å²) in [5.74, 6) is 0.684.